The minimum Gasteiger partial charge on any atom is -0.347 e. The highest BCUT2D eigenvalue weighted by atomic mass is 35.5. The Balaban J connectivity index is 0.00000112. The smallest absolute Gasteiger partial charge is 0.225 e. The molecule has 0 bridgehead atoms. The van der Waals surface area contributed by atoms with Crippen molar-refractivity contribution in [1.29, 1.82) is 0 Å². The Kier molecular flexibility index (Phi) is 4.29. The summed E-state index contributed by atoms with van der Waals surface area (Å²) >= 11 is 0. The van der Waals surface area contributed by atoms with Crippen LogP contribution in [0.4, 0.5) is 5.95 Å². The molecule has 2 rings (SSSR count). The molecule has 4 nitrogen and oxygen atoms in total. The van der Waals surface area contributed by atoms with Gasteiger partial charge < -0.3 is 10.2 Å². The van der Waals surface area contributed by atoms with Crippen LogP contribution in [0.15, 0.2) is 6.20 Å². The van der Waals surface area contributed by atoms with Crippen molar-refractivity contribution in [2.45, 2.75) is 12.8 Å². The number of halogens is 1. The maximum absolute atomic E-state index is 4.55. The molecule has 1 aromatic heterocycles. The standard InChI is InChI=1S/C10H16N4.ClH/c1-14(2)10-12-7-8-3-5-11-6-4-9(8)13-10;/h7,11H,3-6H2,1-2H3;1H. The summed E-state index contributed by atoms with van der Waals surface area (Å²) in [5.74, 6) is 0.811. The third-order valence-corrected chi connectivity index (χ3v) is 2.45. The summed E-state index contributed by atoms with van der Waals surface area (Å²) in [4.78, 5) is 10.8. The highest BCUT2D eigenvalue weighted by Crippen LogP contribution is 2.12. The van der Waals surface area contributed by atoms with Crippen molar-refractivity contribution in [2.75, 3.05) is 32.1 Å². The minimum absolute atomic E-state index is 0. The van der Waals surface area contributed by atoms with Gasteiger partial charge in [0, 0.05) is 33.3 Å². The van der Waals surface area contributed by atoms with Gasteiger partial charge in [0.05, 0.1) is 5.69 Å². The van der Waals surface area contributed by atoms with Gasteiger partial charge in [0.2, 0.25) is 5.95 Å². The van der Waals surface area contributed by atoms with Crippen LogP contribution in [0.3, 0.4) is 0 Å². The van der Waals surface area contributed by atoms with Crippen LogP contribution in [0.1, 0.15) is 11.3 Å². The van der Waals surface area contributed by atoms with E-state index in [0.29, 0.717) is 0 Å². The molecule has 1 N–H and O–H groups in total. The average Bonchev–Trinajstić information content (AvgIpc) is 2.41. The van der Waals surface area contributed by atoms with Gasteiger partial charge in [0.1, 0.15) is 0 Å². The SMILES string of the molecule is CN(C)c1ncc2c(n1)CCNCC2.Cl. The Morgan fingerprint density at radius 1 is 1.27 bits per heavy atom. The summed E-state index contributed by atoms with van der Waals surface area (Å²) in [5.41, 5.74) is 2.49. The van der Waals surface area contributed by atoms with Crippen molar-refractivity contribution in [3.8, 4) is 0 Å². The summed E-state index contributed by atoms with van der Waals surface area (Å²) in [6.07, 6.45) is 4.02. The van der Waals surface area contributed by atoms with E-state index in [0.717, 1.165) is 31.9 Å². The molecule has 0 unspecified atom stereocenters. The Morgan fingerprint density at radius 3 is 2.73 bits per heavy atom. The lowest BCUT2D eigenvalue weighted by Gasteiger charge is -2.12. The second-order valence-corrected chi connectivity index (χ2v) is 3.79. The number of hydrogen-bond acceptors (Lipinski definition) is 4. The lowest BCUT2D eigenvalue weighted by atomic mass is 10.1. The van der Waals surface area contributed by atoms with E-state index in [-0.39, 0.29) is 12.4 Å². The molecule has 0 saturated carbocycles. The van der Waals surface area contributed by atoms with Crippen molar-refractivity contribution in [2.24, 2.45) is 0 Å². The molecule has 0 radical (unpaired) electrons. The van der Waals surface area contributed by atoms with Crippen LogP contribution >= 0.6 is 12.4 Å². The molecule has 84 valence electrons. The van der Waals surface area contributed by atoms with Gasteiger partial charge in [-0.2, -0.15) is 0 Å². The lowest BCUT2D eigenvalue weighted by molar-refractivity contribution is 0.708. The Bertz CT molecular complexity index is 327. The third-order valence-electron chi connectivity index (χ3n) is 2.45. The van der Waals surface area contributed by atoms with Gasteiger partial charge in [-0.25, -0.2) is 9.97 Å². The third kappa shape index (κ3) is 2.79. The fourth-order valence-corrected chi connectivity index (χ4v) is 1.63. The second-order valence-electron chi connectivity index (χ2n) is 3.79. The highest BCUT2D eigenvalue weighted by molar-refractivity contribution is 5.85. The van der Waals surface area contributed by atoms with Crippen LogP contribution in [-0.2, 0) is 12.8 Å². The monoisotopic (exact) mass is 228 g/mol. The van der Waals surface area contributed by atoms with Gasteiger partial charge in [-0.15, -0.1) is 12.4 Å². The first kappa shape index (κ1) is 12.2. The maximum Gasteiger partial charge on any atom is 0.225 e. The van der Waals surface area contributed by atoms with E-state index in [1.165, 1.54) is 11.3 Å². The van der Waals surface area contributed by atoms with E-state index in [9.17, 15) is 0 Å². The normalized spacial score (nSPS) is 14.8. The van der Waals surface area contributed by atoms with Crippen molar-refractivity contribution < 1.29 is 0 Å². The average molecular weight is 229 g/mol. The molecule has 1 aliphatic heterocycles. The molecule has 15 heavy (non-hydrogen) atoms. The van der Waals surface area contributed by atoms with Crippen LogP contribution in [0.2, 0.25) is 0 Å². The zero-order valence-electron chi connectivity index (χ0n) is 9.16. The van der Waals surface area contributed by atoms with Crippen molar-refractivity contribution >= 4 is 18.4 Å². The van der Waals surface area contributed by atoms with E-state index >= 15 is 0 Å². The minimum atomic E-state index is 0. The van der Waals surface area contributed by atoms with Gasteiger partial charge >= 0.3 is 0 Å². The van der Waals surface area contributed by atoms with Crippen LogP contribution in [0.5, 0.6) is 0 Å². The van der Waals surface area contributed by atoms with Gasteiger partial charge in [-0.1, -0.05) is 0 Å². The van der Waals surface area contributed by atoms with Crippen LogP contribution in [0.25, 0.3) is 0 Å². The van der Waals surface area contributed by atoms with Crippen LogP contribution < -0.4 is 10.2 Å². The van der Waals surface area contributed by atoms with Crippen LogP contribution in [0, 0.1) is 0 Å². The molecule has 1 aromatic rings. The molecule has 0 amide bonds. The number of hydrogen-bond donors (Lipinski definition) is 1. The van der Waals surface area contributed by atoms with Gasteiger partial charge in [0.25, 0.3) is 0 Å². The van der Waals surface area contributed by atoms with E-state index in [4.69, 9.17) is 0 Å². The first-order valence-corrected chi connectivity index (χ1v) is 5.00. The zero-order chi connectivity index (χ0) is 9.97. The predicted octanol–water partition coefficient (Wildman–Crippen LogP) is 0.653. The summed E-state index contributed by atoms with van der Waals surface area (Å²) < 4.78 is 0. The Labute approximate surface area is 96.5 Å². The number of rotatable bonds is 1. The lowest BCUT2D eigenvalue weighted by Crippen LogP contribution is -2.16. The quantitative estimate of drug-likeness (QED) is 0.767. The van der Waals surface area contributed by atoms with E-state index in [1.807, 2.05) is 25.2 Å². The number of nitrogens with zero attached hydrogens (tertiary/aromatic N) is 3. The van der Waals surface area contributed by atoms with E-state index in [1.54, 1.807) is 0 Å². The predicted molar refractivity (Wildman–Crippen MR) is 63.9 cm³/mol. The van der Waals surface area contributed by atoms with Gasteiger partial charge in [-0.3, -0.25) is 0 Å². The summed E-state index contributed by atoms with van der Waals surface area (Å²) in [6.45, 7) is 2.06. The molecule has 0 aromatic carbocycles. The molecule has 5 heteroatoms. The molecule has 0 saturated heterocycles. The molecular formula is C10H17ClN4. The van der Waals surface area contributed by atoms with Crippen molar-refractivity contribution in [1.82, 2.24) is 15.3 Å². The molecular weight excluding hydrogens is 212 g/mol. The summed E-state index contributed by atoms with van der Waals surface area (Å²) in [7, 11) is 3.94. The van der Waals surface area contributed by atoms with Crippen molar-refractivity contribution in [3.05, 3.63) is 17.5 Å². The topological polar surface area (TPSA) is 41.1 Å². The first-order chi connectivity index (χ1) is 6.77. The number of aromatic nitrogens is 2. The molecule has 0 spiro atoms. The Hall–Kier alpha value is -0.870. The Morgan fingerprint density at radius 2 is 2.00 bits per heavy atom. The number of fused-ring (bicyclic) bond motifs is 1. The molecule has 0 atom stereocenters. The zero-order valence-corrected chi connectivity index (χ0v) is 9.97. The first-order valence-electron chi connectivity index (χ1n) is 5.00. The highest BCUT2D eigenvalue weighted by Gasteiger charge is 2.10. The maximum atomic E-state index is 4.55. The van der Waals surface area contributed by atoms with Crippen molar-refractivity contribution in [3.63, 3.8) is 0 Å². The fourth-order valence-electron chi connectivity index (χ4n) is 1.63. The largest absolute Gasteiger partial charge is 0.347 e. The second kappa shape index (κ2) is 5.28. The van der Waals surface area contributed by atoms with Gasteiger partial charge in [0.15, 0.2) is 0 Å². The summed E-state index contributed by atoms with van der Waals surface area (Å²) in [5, 5.41) is 3.36. The molecule has 0 aliphatic carbocycles. The fraction of sp³-hybridized carbons (Fsp3) is 0.600. The molecule has 2 heterocycles. The van der Waals surface area contributed by atoms with Crippen LogP contribution in [-0.4, -0.2) is 37.2 Å². The van der Waals surface area contributed by atoms with E-state index in [2.05, 4.69) is 15.3 Å². The number of anilines is 1. The number of nitrogens with one attached hydrogen (secondary N) is 1. The summed E-state index contributed by atoms with van der Waals surface area (Å²) in [6, 6.07) is 0. The molecule has 0 fully saturated rings. The molecule has 1 aliphatic rings. The van der Waals surface area contributed by atoms with Gasteiger partial charge in [-0.05, 0) is 18.5 Å². The van der Waals surface area contributed by atoms with E-state index < -0.39 is 0 Å².